The van der Waals surface area contributed by atoms with Crippen LogP contribution in [0.1, 0.15) is 11.1 Å². The first-order chi connectivity index (χ1) is 8.83. The van der Waals surface area contributed by atoms with Gasteiger partial charge in [0.05, 0.1) is 0 Å². The van der Waals surface area contributed by atoms with Crippen LogP contribution in [-0.2, 0) is 6.54 Å². The number of nitrogens with zero attached hydrogens (tertiary/aromatic N) is 1. The lowest BCUT2D eigenvalue weighted by Gasteiger charge is -2.27. The summed E-state index contributed by atoms with van der Waals surface area (Å²) in [4.78, 5) is 2.54. The molecule has 1 aliphatic heterocycles. The highest BCUT2D eigenvalue weighted by Crippen LogP contribution is 2.21. The zero-order valence-electron chi connectivity index (χ0n) is 10.9. The van der Waals surface area contributed by atoms with Crippen molar-refractivity contribution < 1.29 is 0 Å². The molecule has 0 amide bonds. The average molecular weight is 240 g/mol. The quantitative estimate of drug-likeness (QED) is 0.868. The van der Waals surface area contributed by atoms with E-state index >= 15 is 0 Å². The highest BCUT2D eigenvalue weighted by atomic mass is 15.2. The molecule has 2 heteroatoms. The number of hydrogen-bond acceptors (Lipinski definition) is 2. The van der Waals surface area contributed by atoms with Crippen molar-refractivity contribution in [2.75, 3.05) is 26.2 Å². The molecule has 18 heavy (non-hydrogen) atoms. The minimum Gasteiger partial charge on any atom is -0.314 e. The molecule has 2 nitrogen and oxygen atoms in total. The van der Waals surface area contributed by atoms with E-state index in [1.54, 1.807) is 0 Å². The molecule has 1 fully saturated rings. The van der Waals surface area contributed by atoms with E-state index in [1.165, 1.54) is 21.9 Å². The molecule has 0 atom stereocenters. The van der Waals surface area contributed by atoms with E-state index < -0.39 is 0 Å². The highest BCUT2D eigenvalue weighted by molar-refractivity contribution is 5.86. The van der Waals surface area contributed by atoms with Crippen LogP contribution in [0.2, 0.25) is 0 Å². The molecule has 1 heterocycles. The van der Waals surface area contributed by atoms with Gasteiger partial charge >= 0.3 is 0 Å². The lowest BCUT2D eigenvalue weighted by atomic mass is 10.0. The maximum atomic E-state index is 3.41. The Morgan fingerprint density at radius 2 is 1.94 bits per heavy atom. The molecule has 3 rings (SSSR count). The number of nitrogens with one attached hydrogen (secondary N) is 1. The van der Waals surface area contributed by atoms with Crippen molar-refractivity contribution in [2.24, 2.45) is 0 Å². The molecule has 0 saturated carbocycles. The van der Waals surface area contributed by atoms with E-state index in [1.807, 2.05) is 0 Å². The van der Waals surface area contributed by atoms with Crippen LogP contribution in [0.5, 0.6) is 0 Å². The van der Waals surface area contributed by atoms with Crippen LogP contribution < -0.4 is 5.32 Å². The maximum absolute atomic E-state index is 3.41. The molecule has 1 aliphatic rings. The van der Waals surface area contributed by atoms with Crippen LogP contribution in [0.15, 0.2) is 36.4 Å². The molecule has 2 aromatic rings. The van der Waals surface area contributed by atoms with Crippen LogP contribution in [-0.4, -0.2) is 31.1 Å². The summed E-state index contributed by atoms with van der Waals surface area (Å²) in [6.45, 7) is 7.78. The van der Waals surface area contributed by atoms with Gasteiger partial charge in [-0.3, -0.25) is 4.90 Å². The van der Waals surface area contributed by atoms with Gasteiger partial charge in [-0.2, -0.15) is 0 Å². The van der Waals surface area contributed by atoms with E-state index in [-0.39, 0.29) is 0 Å². The third kappa shape index (κ3) is 2.40. The molecule has 0 radical (unpaired) electrons. The van der Waals surface area contributed by atoms with Crippen LogP contribution in [0.25, 0.3) is 10.8 Å². The Morgan fingerprint density at radius 3 is 2.78 bits per heavy atom. The summed E-state index contributed by atoms with van der Waals surface area (Å²) in [7, 11) is 0. The molecule has 0 spiro atoms. The second-order valence-electron chi connectivity index (χ2n) is 5.17. The van der Waals surface area contributed by atoms with E-state index in [4.69, 9.17) is 0 Å². The van der Waals surface area contributed by atoms with Crippen molar-refractivity contribution in [2.45, 2.75) is 13.5 Å². The zero-order chi connectivity index (χ0) is 12.4. The number of hydrogen-bond donors (Lipinski definition) is 1. The van der Waals surface area contributed by atoms with Crippen molar-refractivity contribution in [3.8, 4) is 0 Å². The van der Waals surface area contributed by atoms with Gasteiger partial charge in [0, 0.05) is 32.7 Å². The standard InChI is InChI=1S/C16H20N2/c1-13-5-6-14-3-2-4-15(16(14)11-13)12-18-9-7-17-8-10-18/h2-6,11,17H,7-10,12H2,1H3. The molecule has 0 bridgehead atoms. The fourth-order valence-electron chi connectivity index (χ4n) is 2.70. The zero-order valence-corrected chi connectivity index (χ0v) is 10.9. The Balaban J connectivity index is 1.92. The molecule has 2 aromatic carbocycles. The summed E-state index contributed by atoms with van der Waals surface area (Å²) in [5.41, 5.74) is 2.80. The third-order valence-electron chi connectivity index (χ3n) is 3.73. The maximum Gasteiger partial charge on any atom is 0.0240 e. The highest BCUT2D eigenvalue weighted by Gasteiger charge is 2.11. The number of fused-ring (bicyclic) bond motifs is 1. The second-order valence-corrected chi connectivity index (χ2v) is 5.17. The third-order valence-corrected chi connectivity index (χ3v) is 3.73. The van der Waals surface area contributed by atoms with Gasteiger partial charge in [0.2, 0.25) is 0 Å². The largest absolute Gasteiger partial charge is 0.314 e. The van der Waals surface area contributed by atoms with Crippen LogP contribution >= 0.6 is 0 Å². The first kappa shape index (κ1) is 11.7. The van der Waals surface area contributed by atoms with Gasteiger partial charge in [0.25, 0.3) is 0 Å². The Labute approximate surface area is 109 Å². The molecule has 0 unspecified atom stereocenters. The van der Waals surface area contributed by atoms with Crippen LogP contribution in [0.3, 0.4) is 0 Å². The number of benzene rings is 2. The Morgan fingerprint density at radius 1 is 1.11 bits per heavy atom. The van der Waals surface area contributed by atoms with E-state index in [0.717, 1.165) is 32.7 Å². The topological polar surface area (TPSA) is 15.3 Å². The van der Waals surface area contributed by atoms with Crippen molar-refractivity contribution in [3.05, 3.63) is 47.5 Å². The number of aryl methyl sites for hydroxylation is 1. The SMILES string of the molecule is Cc1ccc2cccc(CN3CCNCC3)c2c1. The summed E-state index contributed by atoms with van der Waals surface area (Å²) >= 11 is 0. The monoisotopic (exact) mass is 240 g/mol. The molecule has 94 valence electrons. The Hall–Kier alpha value is -1.38. The van der Waals surface area contributed by atoms with Crippen molar-refractivity contribution in [1.82, 2.24) is 10.2 Å². The summed E-state index contributed by atoms with van der Waals surface area (Å²) in [5, 5.41) is 6.17. The summed E-state index contributed by atoms with van der Waals surface area (Å²) in [6.07, 6.45) is 0. The average Bonchev–Trinajstić information content (AvgIpc) is 2.41. The smallest absolute Gasteiger partial charge is 0.0240 e. The first-order valence-electron chi connectivity index (χ1n) is 6.74. The minimum atomic E-state index is 1.07. The Bertz CT molecular complexity index is 542. The van der Waals surface area contributed by atoms with E-state index in [2.05, 4.69) is 53.5 Å². The van der Waals surface area contributed by atoms with Gasteiger partial charge in [-0.15, -0.1) is 0 Å². The molecule has 0 aliphatic carbocycles. The second kappa shape index (κ2) is 5.09. The molecule has 1 saturated heterocycles. The van der Waals surface area contributed by atoms with Crippen LogP contribution in [0, 0.1) is 6.92 Å². The van der Waals surface area contributed by atoms with Gasteiger partial charge in [0.15, 0.2) is 0 Å². The van der Waals surface area contributed by atoms with Gasteiger partial charge in [-0.05, 0) is 23.3 Å². The van der Waals surface area contributed by atoms with Gasteiger partial charge in [0.1, 0.15) is 0 Å². The summed E-state index contributed by atoms with van der Waals surface area (Å²) in [5.74, 6) is 0. The predicted octanol–water partition coefficient (Wildman–Crippen LogP) is 2.55. The number of rotatable bonds is 2. The first-order valence-corrected chi connectivity index (χ1v) is 6.74. The lowest BCUT2D eigenvalue weighted by molar-refractivity contribution is 0.234. The van der Waals surface area contributed by atoms with Gasteiger partial charge < -0.3 is 5.32 Å². The van der Waals surface area contributed by atoms with Gasteiger partial charge in [-0.1, -0.05) is 42.0 Å². The summed E-state index contributed by atoms with van der Waals surface area (Å²) < 4.78 is 0. The molecular weight excluding hydrogens is 220 g/mol. The van der Waals surface area contributed by atoms with Crippen molar-refractivity contribution >= 4 is 10.8 Å². The molecular formula is C16H20N2. The number of piperazine rings is 1. The predicted molar refractivity (Wildman–Crippen MR) is 76.8 cm³/mol. The lowest BCUT2D eigenvalue weighted by Crippen LogP contribution is -2.42. The Kier molecular flexibility index (Phi) is 3.31. The van der Waals surface area contributed by atoms with Crippen LogP contribution in [0.4, 0.5) is 0 Å². The van der Waals surface area contributed by atoms with E-state index in [9.17, 15) is 0 Å². The normalized spacial score (nSPS) is 17.2. The minimum absolute atomic E-state index is 1.07. The summed E-state index contributed by atoms with van der Waals surface area (Å²) in [6, 6.07) is 13.4. The van der Waals surface area contributed by atoms with E-state index in [0.29, 0.717) is 0 Å². The molecule has 0 aromatic heterocycles. The van der Waals surface area contributed by atoms with Gasteiger partial charge in [-0.25, -0.2) is 0 Å². The van der Waals surface area contributed by atoms with Crippen molar-refractivity contribution in [1.29, 1.82) is 0 Å². The fraction of sp³-hybridized carbons (Fsp3) is 0.375. The molecule has 1 N–H and O–H groups in total. The fourth-order valence-corrected chi connectivity index (χ4v) is 2.70. The van der Waals surface area contributed by atoms with Crippen molar-refractivity contribution in [3.63, 3.8) is 0 Å².